The molecule has 1 atom stereocenters. The standard InChI is InChI=1S/C27H30N2P.BrH/c1-3-4-20-27(28-21-23(2)29-27)22-30(24-14-8-5-9-15-24,25-16-10-6-11-17-25)26-18-12-7-13-19-26;/h5-19,21H,3-4,20,22H2,1-2H3;1H/q+1;/p-1. The minimum Gasteiger partial charge on any atom is -1.00 e. The summed E-state index contributed by atoms with van der Waals surface area (Å²) in [4.78, 5) is 10.2. The van der Waals surface area contributed by atoms with E-state index < -0.39 is 7.26 Å². The average molecular weight is 493 g/mol. The zero-order valence-electron chi connectivity index (χ0n) is 18.3. The lowest BCUT2D eigenvalue weighted by atomic mass is 10.1. The van der Waals surface area contributed by atoms with E-state index in [1.165, 1.54) is 15.9 Å². The Hall–Kier alpha value is -2.09. The highest BCUT2D eigenvalue weighted by molar-refractivity contribution is 7.95. The Labute approximate surface area is 197 Å². The van der Waals surface area contributed by atoms with E-state index in [0.29, 0.717) is 0 Å². The van der Waals surface area contributed by atoms with E-state index in [1.807, 2.05) is 6.21 Å². The summed E-state index contributed by atoms with van der Waals surface area (Å²) in [5.74, 6) is 0. The third kappa shape index (κ3) is 4.89. The Balaban J connectivity index is 0.00000272. The van der Waals surface area contributed by atoms with Gasteiger partial charge in [0.15, 0.2) is 5.66 Å². The van der Waals surface area contributed by atoms with Gasteiger partial charge in [0.1, 0.15) is 29.3 Å². The van der Waals surface area contributed by atoms with Crippen molar-refractivity contribution in [3.8, 4) is 0 Å². The molecule has 0 fully saturated rings. The van der Waals surface area contributed by atoms with Gasteiger partial charge in [0.25, 0.3) is 0 Å². The number of rotatable bonds is 8. The van der Waals surface area contributed by atoms with E-state index in [2.05, 4.69) is 105 Å². The summed E-state index contributed by atoms with van der Waals surface area (Å²) in [5.41, 5.74) is 0.661. The minimum atomic E-state index is -1.96. The molecule has 0 radical (unpaired) electrons. The quantitative estimate of drug-likeness (QED) is 0.431. The van der Waals surface area contributed by atoms with Crippen molar-refractivity contribution < 1.29 is 17.0 Å². The summed E-state index contributed by atoms with van der Waals surface area (Å²) >= 11 is 0. The average Bonchev–Trinajstić information content (AvgIpc) is 3.18. The van der Waals surface area contributed by atoms with Crippen LogP contribution in [0.3, 0.4) is 0 Å². The minimum absolute atomic E-state index is 0. The highest BCUT2D eigenvalue weighted by Crippen LogP contribution is 2.58. The van der Waals surface area contributed by atoms with Crippen molar-refractivity contribution >= 4 is 35.1 Å². The summed E-state index contributed by atoms with van der Waals surface area (Å²) in [5, 5.41) is 4.19. The van der Waals surface area contributed by atoms with Gasteiger partial charge < -0.3 is 17.0 Å². The van der Waals surface area contributed by atoms with Gasteiger partial charge in [-0.3, -0.25) is 9.98 Å². The molecule has 1 heterocycles. The summed E-state index contributed by atoms with van der Waals surface area (Å²) in [7, 11) is -1.96. The van der Waals surface area contributed by atoms with Crippen molar-refractivity contribution in [3.05, 3.63) is 91.0 Å². The first-order chi connectivity index (χ1) is 14.7. The van der Waals surface area contributed by atoms with Gasteiger partial charge in [0.2, 0.25) is 0 Å². The zero-order valence-corrected chi connectivity index (χ0v) is 20.8. The summed E-state index contributed by atoms with van der Waals surface area (Å²) in [6.45, 7) is 4.32. The van der Waals surface area contributed by atoms with E-state index in [0.717, 1.165) is 31.1 Å². The molecule has 0 spiro atoms. The van der Waals surface area contributed by atoms with Crippen LogP contribution in [0.5, 0.6) is 0 Å². The van der Waals surface area contributed by atoms with Crippen LogP contribution >= 0.6 is 7.26 Å². The van der Waals surface area contributed by atoms with Crippen molar-refractivity contribution in [2.24, 2.45) is 9.98 Å². The molecule has 1 unspecified atom stereocenters. The maximum atomic E-state index is 5.14. The third-order valence-corrected chi connectivity index (χ3v) is 10.4. The lowest BCUT2D eigenvalue weighted by Gasteiger charge is -2.34. The molecule has 0 saturated carbocycles. The molecule has 160 valence electrons. The molecule has 4 heteroatoms. The number of halogens is 1. The molecule has 0 aromatic heterocycles. The fourth-order valence-corrected chi connectivity index (χ4v) is 9.04. The maximum Gasteiger partial charge on any atom is 0.184 e. The second-order valence-corrected chi connectivity index (χ2v) is 11.6. The second kappa shape index (κ2) is 10.5. The first-order valence-electron chi connectivity index (χ1n) is 10.9. The molecule has 1 aliphatic heterocycles. The Morgan fingerprint density at radius 2 is 1.19 bits per heavy atom. The van der Waals surface area contributed by atoms with Crippen LogP contribution in [0.2, 0.25) is 0 Å². The van der Waals surface area contributed by atoms with Crippen LogP contribution in [0.1, 0.15) is 33.1 Å². The maximum absolute atomic E-state index is 5.14. The van der Waals surface area contributed by atoms with Gasteiger partial charge in [-0.1, -0.05) is 67.9 Å². The monoisotopic (exact) mass is 492 g/mol. The summed E-state index contributed by atoms with van der Waals surface area (Å²) in [6, 6.07) is 33.1. The van der Waals surface area contributed by atoms with E-state index in [4.69, 9.17) is 9.98 Å². The molecular formula is C27H30BrN2P. The summed E-state index contributed by atoms with van der Waals surface area (Å²) in [6.07, 6.45) is 6.18. The fourth-order valence-electron chi connectivity index (χ4n) is 4.48. The molecule has 2 nitrogen and oxygen atoms in total. The van der Waals surface area contributed by atoms with Crippen molar-refractivity contribution in [2.75, 3.05) is 6.16 Å². The van der Waals surface area contributed by atoms with Gasteiger partial charge in [0, 0.05) is 6.21 Å². The predicted molar refractivity (Wildman–Crippen MR) is 134 cm³/mol. The molecule has 0 amide bonds. The molecule has 3 aromatic carbocycles. The molecule has 31 heavy (non-hydrogen) atoms. The lowest BCUT2D eigenvalue weighted by Crippen LogP contribution is -3.00. The second-order valence-electron chi connectivity index (χ2n) is 8.07. The SMILES string of the molecule is CCCCC1(C[P+](c2ccccc2)(c2ccccc2)c2ccccc2)N=CC(C)=N1.[Br-]. The van der Waals surface area contributed by atoms with Crippen molar-refractivity contribution in [1.29, 1.82) is 0 Å². The van der Waals surface area contributed by atoms with Crippen LogP contribution in [0, 0.1) is 0 Å². The Bertz CT molecular complexity index is 922. The molecule has 1 aliphatic rings. The number of nitrogens with zero attached hydrogens (tertiary/aromatic N) is 2. The number of aliphatic imine (C=N–C) groups is 2. The van der Waals surface area contributed by atoms with Gasteiger partial charge in [0.05, 0.1) is 5.71 Å². The molecular weight excluding hydrogens is 463 g/mol. The van der Waals surface area contributed by atoms with Crippen LogP contribution in [-0.2, 0) is 0 Å². The van der Waals surface area contributed by atoms with E-state index in [1.54, 1.807) is 0 Å². The van der Waals surface area contributed by atoms with Crippen LogP contribution in [0.25, 0.3) is 0 Å². The van der Waals surface area contributed by atoms with Crippen LogP contribution in [0.15, 0.2) is 101 Å². The van der Waals surface area contributed by atoms with E-state index >= 15 is 0 Å². The van der Waals surface area contributed by atoms with E-state index in [-0.39, 0.29) is 22.6 Å². The third-order valence-electron chi connectivity index (χ3n) is 5.89. The number of benzene rings is 3. The molecule has 0 aliphatic carbocycles. The highest BCUT2D eigenvalue weighted by Gasteiger charge is 2.52. The highest BCUT2D eigenvalue weighted by atomic mass is 79.9. The van der Waals surface area contributed by atoms with Crippen LogP contribution in [-0.4, -0.2) is 23.8 Å². The first kappa shape index (κ1) is 23.6. The molecule has 0 N–H and O–H groups in total. The predicted octanol–water partition coefficient (Wildman–Crippen LogP) is 2.42. The topological polar surface area (TPSA) is 24.7 Å². The van der Waals surface area contributed by atoms with Crippen molar-refractivity contribution in [3.63, 3.8) is 0 Å². The van der Waals surface area contributed by atoms with E-state index in [9.17, 15) is 0 Å². The number of hydrogen-bond donors (Lipinski definition) is 0. The zero-order chi connectivity index (χ0) is 20.9. The van der Waals surface area contributed by atoms with Gasteiger partial charge in [-0.15, -0.1) is 0 Å². The number of unbranched alkanes of at least 4 members (excludes halogenated alkanes) is 1. The lowest BCUT2D eigenvalue weighted by molar-refractivity contribution is -0.00000644. The van der Waals surface area contributed by atoms with Gasteiger partial charge in [-0.05, 0) is 56.2 Å². The van der Waals surface area contributed by atoms with Gasteiger partial charge >= 0.3 is 0 Å². The Morgan fingerprint density at radius 1 is 0.742 bits per heavy atom. The molecule has 0 saturated heterocycles. The smallest absolute Gasteiger partial charge is 0.184 e. The fraction of sp³-hybridized carbons (Fsp3) is 0.259. The van der Waals surface area contributed by atoms with Gasteiger partial charge in [-0.2, -0.15) is 0 Å². The van der Waals surface area contributed by atoms with Crippen LogP contribution in [0.4, 0.5) is 0 Å². The molecule has 3 aromatic rings. The normalized spacial score (nSPS) is 17.8. The largest absolute Gasteiger partial charge is 1.00 e. The first-order valence-corrected chi connectivity index (χ1v) is 12.8. The van der Waals surface area contributed by atoms with Crippen molar-refractivity contribution in [1.82, 2.24) is 0 Å². The van der Waals surface area contributed by atoms with Crippen LogP contribution < -0.4 is 32.9 Å². The number of hydrogen-bond acceptors (Lipinski definition) is 2. The molecule has 0 bridgehead atoms. The Morgan fingerprint density at radius 3 is 1.55 bits per heavy atom. The van der Waals surface area contributed by atoms with Gasteiger partial charge in [-0.25, -0.2) is 0 Å². The summed E-state index contributed by atoms with van der Waals surface area (Å²) < 4.78 is 0. The van der Waals surface area contributed by atoms with Crippen molar-refractivity contribution in [2.45, 2.75) is 38.8 Å². The Kier molecular flexibility index (Phi) is 7.97. The molecule has 4 rings (SSSR count).